The van der Waals surface area contributed by atoms with Crippen molar-refractivity contribution in [2.24, 2.45) is 0 Å². The van der Waals surface area contributed by atoms with Gasteiger partial charge in [0.1, 0.15) is 12.0 Å². The van der Waals surface area contributed by atoms with E-state index in [1.54, 1.807) is 12.3 Å². The molecule has 6 heteroatoms. The van der Waals surface area contributed by atoms with Crippen LogP contribution in [0.15, 0.2) is 21.2 Å². The van der Waals surface area contributed by atoms with Gasteiger partial charge in [0.25, 0.3) is 5.89 Å². The second-order valence-electron chi connectivity index (χ2n) is 3.69. The van der Waals surface area contributed by atoms with Gasteiger partial charge in [-0.3, -0.25) is 4.79 Å². The van der Waals surface area contributed by atoms with Gasteiger partial charge in [-0.1, -0.05) is 0 Å². The van der Waals surface area contributed by atoms with Crippen molar-refractivity contribution in [3.63, 3.8) is 0 Å². The van der Waals surface area contributed by atoms with Crippen LogP contribution in [0.25, 0.3) is 11.5 Å². The van der Waals surface area contributed by atoms with E-state index >= 15 is 0 Å². The number of aromatic nitrogens is 2. The summed E-state index contributed by atoms with van der Waals surface area (Å²) in [4.78, 5) is 10.3. The molecular formula is C11H12N2O4. The Morgan fingerprint density at radius 3 is 2.94 bits per heavy atom. The molecule has 0 aliphatic carbocycles. The zero-order valence-corrected chi connectivity index (χ0v) is 9.34. The minimum Gasteiger partial charge on any atom is -0.481 e. The van der Waals surface area contributed by atoms with Crippen molar-refractivity contribution in [1.82, 2.24) is 10.2 Å². The lowest BCUT2D eigenvalue weighted by Crippen LogP contribution is -1.95. The maximum atomic E-state index is 10.3. The lowest BCUT2D eigenvalue weighted by molar-refractivity contribution is -0.137. The first kappa shape index (κ1) is 11.4. The van der Waals surface area contributed by atoms with Crippen molar-refractivity contribution in [2.45, 2.75) is 26.2 Å². The van der Waals surface area contributed by atoms with E-state index in [0.717, 1.165) is 11.3 Å². The van der Waals surface area contributed by atoms with Gasteiger partial charge in [-0.2, -0.15) is 0 Å². The fraction of sp³-hybridized carbons (Fsp3) is 0.364. The van der Waals surface area contributed by atoms with Gasteiger partial charge >= 0.3 is 5.97 Å². The van der Waals surface area contributed by atoms with Crippen LogP contribution in [0.1, 0.15) is 24.5 Å². The third-order valence-corrected chi connectivity index (χ3v) is 2.23. The van der Waals surface area contributed by atoms with Gasteiger partial charge in [0.05, 0.1) is 5.56 Å². The molecule has 1 N–H and O–H groups in total. The molecule has 2 aromatic rings. The van der Waals surface area contributed by atoms with Crippen molar-refractivity contribution in [2.75, 3.05) is 0 Å². The number of furan rings is 1. The smallest absolute Gasteiger partial charge is 0.303 e. The van der Waals surface area contributed by atoms with E-state index in [9.17, 15) is 4.79 Å². The summed E-state index contributed by atoms with van der Waals surface area (Å²) in [6, 6.07) is 1.80. The number of rotatable bonds is 5. The molecule has 0 radical (unpaired) electrons. The van der Waals surface area contributed by atoms with Gasteiger partial charge in [0.15, 0.2) is 0 Å². The second kappa shape index (κ2) is 4.82. The average Bonchev–Trinajstić information content (AvgIpc) is 2.86. The number of carboxylic acid groups (broad SMARTS) is 1. The zero-order valence-electron chi connectivity index (χ0n) is 9.34. The summed E-state index contributed by atoms with van der Waals surface area (Å²) in [7, 11) is 0. The van der Waals surface area contributed by atoms with E-state index in [1.165, 1.54) is 0 Å². The lowest BCUT2D eigenvalue weighted by Gasteiger charge is -1.91. The van der Waals surface area contributed by atoms with Gasteiger partial charge in [-0.15, -0.1) is 10.2 Å². The summed E-state index contributed by atoms with van der Waals surface area (Å²) in [6.07, 6.45) is 2.60. The molecule has 2 heterocycles. The molecule has 17 heavy (non-hydrogen) atoms. The van der Waals surface area contributed by atoms with Gasteiger partial charge in [0.2, 0.25) is 5.89 Å². The Balaban J connectivity index is 1.98. The Bertz CT molecular complexity index is 515. The molecule has 0 unspecified atom stereocenters. The molecule has 0 atom stereocenters. The first-order chi connectivity index (χ1) is 8.15. The molecule has 0 saturated heterocycles. The largest absolute Gasteiger partial charge is 0.481 e. The maximum Gasteiger partial charge on any atom is 0.303 e. The molecule has 0 aromatic carbocycles. The summed E-state index contributed by atoms with van der Waals surface area (Å²) in [5, 5.41) is 16.2. The van der Waals surface area contributed by atoms with Gasteiger partial charge in [-0.25, -0.2) is 0 Å². The SMILES string of the molecule is Cc1cc(-c2nnc(CCCC(=O)O)o2)co1. The molecular weight excluding hydrogens is 224 g/mol. The zero-order chi connectivity index (χ0) is 12.3. The van der Waals surface area contributed by atoms with E-state index in [0.29, 0.717) is 24.6 Å². The average molecular weight is 236 g/mol. The molecule has 0 saturated carbocycles. The van der Waals surface area contributed by atoms with E-state index < -0.39 is 5.97 Å². The van der Waals surface area contributed by atoms with E-state index in [1.807, 2.05) is 6.92 Å². The molecule has 0 amide bonds. The van der Waals surface area contributed by atoms with E-state index in [-0.39, 0.29) is 6.42 Å². The number of carboxylic acids is 1. The number of nitrogens with zero attached hydrogens (tertiary/aromatic N) is 2. The number of hydrogen-bond donors (Lipinski definition) is 1. The fourth-order valence-electron chi connectivity index (χ4n) is 1.42. The van der Waals surface area contributed by atoms with Crippen LogP contribution in [-0.2, 0) is 11.2 Å². The minimum absolute atomic E-state index is 0.0997. The van der Waals surface area contributed by atoms with Crippen LogP contribution >= 0.6 is 0 Å². The Kier molecular flexibility index (Phi) is 3.22. The van der Waals surface area contributed by atoms with Crippen LogP contribution in [0.5, 0.6) is 0 Å². The van der Waals surface area contributed by atoms with Crippen LogP contribution in [0.2, 0.25) is 0 Å². The fourth-order valence-corrected chi connectivity index (χ4v) is 1.42. The Labute approximate surface area is 97.3 Å². The number of carbonyl (C=O) groups is 1. The number of hydrogen-bond acceptors (Lipinski definition) is 5. The van der Waals surface area contributed by atoms with Crippen molar-refractivity contribution < 1.29 is 18.7 Å². The van der Waals surface area contributed by atoms with Crippen molar-refractivity contribution in [3.05, 3.63) is 24.0 Å². The number of aliphatic carboxylic acids is 1. The predicted octanol–water partition coefficient (Wildman–Crippen LogP) is 2.05. The summed E-state index contributed by atoms with van der Waals surface area (Å²) >= 11 is 0. The molecule has 90 valence electrons. The highest BCUT2D eigenvalue weighted by Crippen LogP contribution is 2.20. The van der Waals surface area contributed by atoms with E-state index in [4.69, 9.17) is 13.9 Å². The molecule has 0 bridgehead atoms. The monoisotopic (exact) mass is 236 g/mol. The van der Waals surface area contributed by atoms with Gasteiger partial charge < -0.3 is 13.9 Å². The highest BCUT2D eigenvalue weighted by molar-refractivity contribution is 5.66. The van der Waals surface area contributed by atoms with Crippen LogP contribution in [0.4, 0.5) is 0 Å². The molecule has 2 rings (SSSR count). The summed E-state index contributed by atoms with van der Waals surface area (Å²) in [6.45, 7) is 1.83. The topological polar surface area (TPSA) is 89.4 Å². The standard InChI is InChI=1S/C11H12N2O4/c1-7-5-8(6-16-7)11-13-12-9(17-11)3-2-4-10(14)15/h5-6H,2-4H2,1H3,(H,14,15). The Morgan fingerprint density at radius 1 is 1.47 bits per heavy atom. The van der Waals surface area contributed by atoms with Crippen LogP contribution in [0, 0.1) is 6.92 Å². The minimum atomic E-state index is -0.824. The summed E-state index contributed by atoms with van der Waals surface area (Å²) in [5.74, 6) is 0.785. The molecule has 2 aromatic heterocycles. The number of aryl methyl sites for hydroxylation is 2. The molecule has 0 aliphatic heterocycles. The summed E-state index contributed by atoms with van der Waals surface area (Å²) < 4.78 is 10.5. The predicted molar refractivity (Wildman–Crippen MR) is 57.3 cm³/mol. The lowest BCUT2D eigenvalue weighted by atomic mass is 10.2. The second-order valence-corrected chi connectivity index (χ2v) is 3.69. The molecule has 0 fully saturated rings. The normalized spacial score (nSPS) is 10.6. The Morgan fingerprint density at radius 2 is 2.29 bits per heavy atom. The maximum absolute atomic E-state index is 10.3. The van der Waals surface area contributed by atoms with Crippen molar-refractivity contribution in [3.8, 4) is 11.5 Å². The quantitative estimate of drug-likeness (QED) is 0.854. The van der Waals surface area contributed by atoms with Gasteiger partial charge in [-0.05, 0) is 19.4 Å². The van der Waals surface area contributed by atoms with Crippen LogP contribution in [-0.4, -0.2) is 21.3 Å². The highest BCUT2D eigenvalue weighted by atomic mass is 16.4. The first-order valence-electron chi connectivity index (χ1n) is 5.25. The summed E-state index contributed by atoms with van der Waals surface area (Å²) in [5.41, 5.74) is 0.736. The van der Waals surface area contributed by atoms with Crippen molar-refractivity contribution in [1.29, 1.82) is 0 Å². The third kappa shape index (κ3) is 2.93. The molecule has 6 nitrogen and oxygen atoms in total. The Hall–Kier alpha value is -2.11. The van der Waals surface area contributed by atoms with E-state index in [2.05, 4.69) is 10.2 Å². The molecule has 0 aliphatic rings. The van der Waals surface area contributed by atoms with Crippen LogP contribution in [0.3, 0.4) is 0 Å². The van der Waals surface area contributed by atoms with Crippen LogP contribution < -0.4 is 0 Å². The highest BCUT2D eigenvalue weighted by Gasteiger charge is 2.10. The van der Waals surface area contributed by atoms with Crippen molar-refractivity contribution >= 4 is 5.97 Å². The first-order valence-corrected chi connectivity index (χ1v) is 5.25. The van der Waals surface area contributed by atoms with Gasteiger partial charge in [0, 0.05) is 12.8 Å². The third-order valence-electron chi connectivity index (χ3n) is 2.23. The molecule has 0 spiro atoms.